The van der Waals surface area contributed by atoms with Gasteiger partial charge in [0.05, 0.1) is 5.71 Å². The van der Waals surface area contributed by atoms with Crippen LogP contribution in [0.15, 0.2) is 16.8 Å². The molecule has 0 aromatic rings. The Kier molecular flexibility index (Phi) is 2.76. The third-order valence-electron chi connectivity index (χ3n) is 2.01. The number of Topliss-reactive ketones (excluding diaryl/α,β-unsaturated/α-hetero) is 1. The van der Waals surface area contributed by atoms with Crippen molar-refractivity contribution in [2.45, 2.75) is 32.8 Å². The summed E-state index contributed by atoms with van der Waals surface area (Å²) in [6, 6.07) is 0. The second kappa shape index (κ2) is 3.63. The molecule has 0 spiro atoms. The van der Waals surface area contributed by atoms with Crippen molar-refractivity contribution in [1.82, 2.24) is 0 Å². The van der Waals surface area contributed by atoms with Gasteiger partial charge in [-0.15, -0.1) is 0 Å². The number of rotatable bonds is 2. The van der Waals surface area contributed by atoms with Gasteiger partial charge in [0, 0.05) is 11.8 Å². The molecule has 0 amide bonds. The van der Waals surface area contributed by atoms with Crippen molar-refractivity contribution in [3.63, 3.8) is 0 Å². The number of ketones is 1. The fourth-order valence-corrected chi connectivity index (χ4v) is 1.17. The average Bonchev–Trinajstić information content (AvgIpc) is 2.10. The molecule has 1 atom stereocenters. The van der Waals surface area contributed by atoms with Crippen LogP contribution in [0.5, 0.6) is 0 Å². The predicted molar refractivity (Wildman–Crippen MR) is 47.1 cm³/mol. The molecule has 0 aromatic heterocycles. The number of hydrogen-bond donors (Lipinski definition) is 1. The lowest BCUT2D eigenvalue weighted by molar-refractivity contribution is -0.120. The highest BCUT2D eigenvalue weighted by Gasteiger charge is 2.25. The molecule has 0 bridgehead atoms. The van der Waals surface area contributed by atoms with E-state index in [1.807, 2.05) is 13.8 Å². The largest absolute Gasteiger partial charge is 0.379 e. The monoisotopic (exact) mass is 167 g/mol. The van der Waals surface area contributed by atoms with Crippen LogP contribution in [-0.2, 0) is 4.79 Å². The van der Waals surface area contributed by atoms with Gasteiger partial charge in [-0.25, -0.2) is 0 Å². The Balaban J connectivity index is 2.92. The first-order valence-electron chi connectivity index (χ1n) is 4.18. The van der Waals surface area contributed by atoms with Crippen LogP contribution >= 0.6 is 0 Å². The SMILES string of the molecule is CCC1=CN=C(CC)C(O)C1=O. The van der Waals surface area contributed by atoms with Crippen LogP contribution in [0, 0.1) is 0 Å². The minimum absolute atomic E-state index is 0.190. The van der Waals surface area contributed by atoms with Crippen molar-refractivity contribution in [2.24, 2.45) is 4.99 Å². The maximum atomic E-state index is 11.3. The Labute approximate surface area is 71.8 Å². The van der Waals surface area contributed by atoms with Crippen molar-refractivity contribution in [3.05, 3.63) is 11.8 Å². The molecule has 0 radical (unpaired) electrons. The number of aliphatic hydroxyl groups is 1. The summed E-state index contributed by atoms with van der Waals surface area (Å²) in [6.45, 7) is 3.75. The third kappa shape index (κ3) is 1.46. The molecule has 0 saturated carbocycles. The van der Waals surface area contributed by atoms with Crippen molar-refractivity contribution in [2.75, 3.05) is 0 Å². The number of aliphatic hydroxyl groups excluding tert-OH is 1. The van der Waals surface area contributed by atoms with E-state index in [4.69, 9.17) is 0 Å². The summed E-state index contributed by atoms with van der Waals surface area (Å²) in [7, 11) is 0. The highest BCUT2D eigenvalue weighted by Crippen LogP contribution is 2.13. The van der Waals surface area contributed by atoms with E-state index in [-0.39, 0.29) is 5.78 Å². The molecule has 1 aliphatic heterocycles. The van der Waals surface area contributed by atoms with Gasteiger partial charge < -0.3 is 5.11 Å². The number of hydrogen-bond acceptors (Lipinski definition) is 3. The predicted octanol–water partition coefficient (Wildman–Crippen LogP) is 1.07. The Morgan fingerprint density at radius 3 is 2.67 bits per heavy atom. The number of carbonyl (C=O) groups excluding carboxylic acids is 1. The van der Waals surface area contributed by atoms with Crippen molar-refractivity contribution >= 4 is 11.5 Å². The van der Waals surface area contributed by atoms with Crippen LogP contribution in [-0.4, -0.2) is 22.7 Å². The second-order valence-electron chi connectivity index (χ2n) is 2.75. The Morgan fingerprint density at radius 1 is 1.50 bits per heavy atom. The minimum atomic E-state index is -0.991. The smallest absolute Gasteiger partial charge is 0.194 e. The Bertz CT molecular complexity index is 253. The van der Waals surface area contributed by atoms with E-state index >= 15 is 0 Å². The van der Waals surface area contributed by atoms with E-state index in [9.17, 15) is 9.90 Å². The number of carbonyl (C=O) groups is 1. The lowest BCUT2D eigenvalue weighted by atomic mass is 9.98. The standard InChI is InChI=1S/C9H13NO2/c1-3-6-5-10-7(4-2)9(12)8(6)11/h5,9,12H,3-4H2,1-2H3. The second-order valence-corrected chi connectivity index (χ2v) is 2.75. The molecule has 1 N–H and O–H groups in total. The van der Waals surface area contributed by atoms with Crippen LogP contribution < -0.4 is 0 Å². The summed E-state index contributed by atoms with van der Waals surface area (Å²) in [5, 5.41) is 9.42. The van der Waals surface area contributed by atoms with Crippen LogP contribution in [0.1, 0.15) is 26.7 Å². The summed E-state index contributed by atoms with van der Waals surface area (Å²) in [5.74, 6) is -0.190. The molecule has 0 aliphatic carbocycles. The molecule has 3 nitrogen and oxygen atoms in total. The molecule has 1 unspecified atom stereocenters. The molecular formula is C9H13NO2. The molecule has 0 aromatic carbocycles. The van der Waals surface area contributed by atoms with Gasteiger partial charge in [0.15, 0.2) is 11.9 Å². The van der Waals surface area contributed by atoms with E-state index in [0.717, 1.165) is 0 Å². The summed E-state index contributed by atoms with van der Waals surface area (Å²) in [4.78, 5) is 15.3. The van der Waals surface area contributed by atoms with E-state index in [1.165, 1.54) is 0 Å². The Morgan fingerprint density at radius 2 is 2.17 bits per heavy atom. The van der Waals surface area contributed by atoms with Crippen LogP contribution in [0.3, 0.4) is 0 Å². The lowest BCUT2D eigenvalue weighted by Gasteiger charge is -2.16. The van der Waals surface area contributed by atoms with Crippen LogP contribution in [0.4, 0.5) is 0 Å². The zero-order valence-electron chi connectivity index (χ0n) is 7.37. The van der Waals surface area contributed by atoms with Crippen molar-refractivity contribution < 1.29 is 9.90 Å². The lowest BCUT2D eigenvalue weighted by Crippen LogP contribution is -2.32. The summed E-state index contributed by atoms with van der Waals surface area (Å²) in [6.07, 6.45) is 1.83. The van der Waals surface area contributed by atoms with Gasteiger partial charge in [0.2, 0.25) is 0 Å². The van der Waals surface area contributed by atoms with Gasteiger partial charge in [-0.3, -0.25) is 9.79 Å². The van der Waals surface area contributed by atoms with Gasteiger partial charge in [-0.05, 0) is 12.8 Å². The molecule has 66 valence electrons. The molecule has 1 rings (SSSR count). The fraction of sp³-hybridized carbons (Fsp3) is 0.556. The first-order valence-corrected chi connectivity index (χ1v) is 4.18. The summed E-state index contributed by atoms with van der Waals surface area (Å²) < 4.78 is 0. The highest BCUT2D eigenvalue weighted by atomic mass is 16.3. The van der Waals surface area contributed by atoms with E-state index in [1.54, 1.807) is 6.20 Å². The Hall–Kier alpha value is -0.960. The van der Waals surface area contributed by atoms with Crippen molar-refractivity contribution in [1.29, 1.82) is 0 Å². The average molecular weight is 167 g/mol. The normalized spacial score (nSPS) is 23.6. The zero-order valence-corrected chi connectivity index (χ0v) is 7.37. The minimum Gasteiger partial charge on any atom is -0.379 e. The molecular weight excluding hydrogens is 154 g/mol. The quantitative estimate of drug-likeness (QED) is 0.669. The van der Waals surface area contributed by atoms with Gasteiger partial charge in [0.25, 0.3) is 0 Å². The van der Waals surface area contributed by atoms with Crippen LogP contribution in [0.2, 0.25) is 0 Å². The first-order chi connectivity index (χ1) is 5.70. The molecule has 0 saturated heterocycles. The van der Waals surface area contributed by atoms with Gasteiger partial charge in [-0.1, -0.05) is 13.8 Å². The van der Waals surface area contributed by atoms with Gasteiger partial charge in [-0.2, -0.15) is 0 Å². The van der Waals surface area contributed by atoms with E-state index in [0.29, 0.717) is 24.1 Å². The summed E-state index contributed by atoms with van der Waals surface area (Å²) in [5.41, 5.74) is 1.18. The van der Waals surface area contributed by atoms with Gasteiger partial charge >= 0.3 is 0 Å². The van der Waals surface area contributed by atoms with Crippen LogP contribution in [0.25, 0.3) is 0 Å². The van der Waals surface area contributed by atoms with E-state index < -0.39 is 6.10 Å². The number of nitrogens with zero attached hydrogens (tertiary/aromatic N) is 1. The van der Waals surface area contributed by atoms with Gasteiger partial charge in [0.1, 0.15) is 0 Å². The maximum Gasteiger partial charge on any atom is 0.194 e. The van der Waals surface area contributed by atoms with Crippen molar-refractivity contribution in [3.8, 4) is 0 Å². The molecule has 0 fully saturated rings. The molecule has 1 aliphatic rings. The topological polar surface area (TPSA) is 49.7 Å². The first kappa shape index (κ1) is 9.13. The summed E-state index contributed by atoms with van der Waals surface area (Å²) >= 11 is 0. The zero-order chi connectivity index (χ0) is 9.14. The molecule has 3 heteroatoms. The van der Waals surface area contributed by atoms with E-state index in [2.05, 4.69) is 4.99 Å². The number of aliphatic imine (C=N–C) groups is 1. The molecule has 12 heavy (non-hydrogen) atoms. The highest BCUT2D eigenvalue weighted by molar-refractivity contribution is 6.16. The fourth-order valence-electron chi connectivity index (χ4n) is 1.17. The third-order valence-corrected chi connectivity index (χ3v) is 2.01. The maximum absolute atomic E-state index is 11.3. The molecule has 1 heterocycles.